The standard InChI is InChI=1S/C13H12N4O2/c14-7-16-5-8-2-1-3-9(4-8)6-17-11-10(15)12(18)13(11)19/h1-4,16-17H,5-6,15H2. The van der Waals surface area contributed by atoms with Gasteiger partial charge in [0.1, 0.15) is 11.4 Å². The Bertz CT molecular complexity index is 708. The van der Waals surface area contributed by atoms with Gasteiger partial charge in [-0.2, -0.15) is 5.26 Å². The molecule has 0 saturated carbocycles. The van der Waals surface area contributed by atoms with Crippen LogP contribution in [0.25, 0.3) is 0 Å². The number of hydrogen-bond donors (Lipinski definition) is 3. The summed E-state index contributed by atoms with van der Waals surface area (Å²) in [6.07, 6.45) is 1.85. The molecule has 0 unspecified atom stereocenters. The molecule has 6 nitrogen and oxygen atoms in total. The molecule has 0 spiro atoms. The van der Waals surface area contributed by atoms with E-state index < -0.39 is 10.9 Å². The molecule has 2 rings (SSSR count). The second kappa shape index (κ2) is 5.23. The van der Waals surface area contributed by atoms with Gasteiger partial charge in [-0.1, -0.05) is 24.3 Å². The maximum absolute atomic E-state index is 11.2. The number of nitrogens with zero attached hydrogens (tertiary/aromatic N) is 1. The number of nitriles is 1. The Morgan fingerprint density at radius 3 is 2.47 bits per heavy atom. The fourth-order valence-corrected chi connectivity index (χ4v) is 1.77. The molecule has 2 aromatic carbocycles. The van der Waals surface area contributed by atoms with Crippen molar-refractivity contribution >= 4 is 11.4 Å². The summed E-state index contributed by atoms with van der Waals surface area (Å²) in [6.45, 7) is 0.849. The molecule has 0 heterocycles. The number of nitrogens with two attached hydrogens (primary N) is 1. The second-order valence-corrected chi connectivity index (χ2v) is 4.09. The van der Waals surface area contributed by atoms with Crippen molar-refractivity contribution in [3.05, 3.63) is 55.8 Å². The lowest BCUT2D eigenvalue weighted by Crippen LogP contribution is -2.36. The van der Waals surface area contributed by atoms with Crippen molar-refractivity contribution in [3.8, 4) is 6.19 Å². The first kappa shape index (κ1) is 12.6. The Morgan fingerprint density at radius 1 is 1.16 bits per heavy atom. The van der Waals surface area contributed by atoms with Crippen molar-refractivity contribution in [2.45, 2.75) is 13.1 Å². The molecule has 6 heteroatoms. The number of benzene rings is 1. The first-order chi connectivity index (χ1) is 9.13. The fourth-order valence-electron chi connectivity index (χ4n) is 1.77. The average Bonchev–Trinajstić information content (AvgIpc) is 2.45. The minimum Gasteiger partial charge on any atom is -0.394 e. The number of rotatable bonds is 5. The van der Waals surface area contributed by atoms with Crippen molar-refractivity contribution in [3.63, 3.8) is 0 Å². The highest BCUT2D eigenvalue weighted by Gasteiger charge is 2.16. The summed E-state index contributed by atoms with van der Waals surface area (Å²) in [4.78, 5) is 22.1. The lowest BCUT2D eigenvalue weighted by molar-refractivity contribution is 0.881. The Hall–Kier alpha value is -2.81. The third-order valence-electron chi connectivity index (χ3n) is 2.78. The van der Waals surface area contributed by atoms with Gasteiger partial charge in [-0.05, 0) is 11.1 Å². The first-order valence-electron chi connectivity index (χ1n) is 5.66. The Labute approximate surface area is 109 Å². The normalized spacial score (nSPS) is 10.1. The van der Waals surface area contributed by atoms with Gasteiger partial charge < -0.3 is 16.4 Å². The summed E-state index contributed by atoms with van der Waals surface area (Å²) in [5, 5.41) is 13.8. The zero-order valence-electron chi connectivity index (χ0n) is 10.1. The van der Waals surface area contributed by atoms with E-state index in [0.29, 0.717) is 13.1 Å². The smallest absolute Gasteiger partial charge is 0.253 e. The highest BCUT2D eigenvalue weighted by atomic mass is 16.2. The van der Waals surface area contributed by atoms with Crippen LogP contribution in [0.4, 0.5) is 11.4 Å². The number of hydrogen-bond acceptors (Lipinski definition) is 6. The van der Waals surface area contributed by atoms with E-state index in [1.807, 2.05) is 30.5 Å². The average molecular weight is 256 g/mol. The Morgan fingerprint density at radius 2 is 1.84 bits per heavy atom. The van der Waals surface area contributed by atoms with E-state index in [4.69, 9.17) is 11.0 Å². The van der Waals surface area contributed by atoms with Crippen LogP contribution in [0.1, 0.15) is 11.1 Å². The maximum atomic E-state index is 11.2. The van der Waals surface area contributed by atoms with Crippen LogP contribution < -0.4 is 27.2 Å². The Balaban J connectivity index is 2.03. The molecule has 0 aliphatic heterocycles. The molecule has 0 radical (unpaired) electrons. The molecule has 0 atom stereocenters. The van der Waals surface area contributed by atoms with Crippen LogP contribution in [0.3, 0.4) is 0 Å². The molecule has 19 heavy (non-hydrogen) atoms. The maximum Gasteiger partial charge on any atom is 0.253 e. The van der Waals surface area contributed by atoms with E-state index >= 15 is 0 Å². The van der Waals surface area contributed by atoms with Gasteiger partial charge in [0.2, 0.25) is 0 Å². The molecule has 0 fully saturated rings. The van der Waals surface area contributed by atoms with Crippen molar-refractivity contribution in [2.75, 3.05) is 11.1 Å². The predicted molar refractivity (Wildman–Crippen MR) is 72.0 cm³/mol. The van der Waals surface area contributed by atoms with Crippen molar-refractivity contribution in [1.82, 2.24) is 5.32 Å². The summed E-state index contributed by atoms with van der Waals surface area (Å²) in [5.74, 6) is 0. The van der Waals surface area contributed by atoms with Crippen LogP contribution in [-0.4, -0.2) is 0 Å². The van der Waals surface area contributed by atoms with Crippen molar-refractivity contribution < 1.29 is 0 Å². The van der Waals surface area contributed by atoms with Crippen molar-refractivity contribution in [2.24, 2.45) is 0 Å². The van der Waals surface area contributed by atoms with Crippen LogP contribution in [0.2, 0.25) is 0 Å². The summed E-state index contributed by atoms with van der Waals surface area (Å²) >= 11 is 0. The van der Waals surface area contributed by atoms with Gasteiger partial charge >= 0.3 is 0 Å². The van der Waals surface area contributed by atoms with Crippen LogP contribution >= 0.6 is 0 Å². The first-order valence-corrected chi connectivity index (χ1v) is 5.66. The van der Waals surface area contributed by atoms with Gasteiger partial charge in [-0.3, -0.25) is 9.59 Å². The number of nitrogen functional groups attached to an aromatic ring is 1. The molecule has 0 saturated heterocycles. The molecule has 4 N–H and O–H groups in total. The molecule has 0 amide bonds. The fraction of sp³-hybridized carbons (Fsp3) is 0.154. The minimum absolute atomic E-state index is 0.00713. The predicted octanol–water partition coefficient (Wildman–Crippen LogP) is 0.0476. The Kier molecular flexibility index (Phi) is 3.48. The van der Waals surface area contributed by atoms with Crippen LogP contribution in [0.5, 0.6) is 0 Å². The quantitative estimate of drug-likeness (QED) is 0.396. The van der Waals surface area contributed by atoms with E-state index in [0.717, 1.165) is 11.1 Å². The summed E-state index contributed by atoms with van der Waals surface area (Å²) in [5.41, 5.74) is 6.29. The summed E-state index contributed by atoms with van der Waals surface area (Å²) in [7, 11) is 0. The topological polar surface area (TPSA) is 108 Å². The molecule has 0 bridgehead atoms. The summed E-state index contributed by atoms with van der Waals surface area (Å²) < 4.78 is 0. The van der Waals surface area contributed by atoms with Gasteiger partial charge in [0, 0.05) is 13.1 Å². The molecule has 96 valence electrons. The van der Waals surface area contributed by atoms with Gasteiger partial charge in [-0.25, -0.2) is 0 Å². The van der Waals surface area contributed by atoms with Crippen LogP contribution in [0, 0.1) is 11.5 Å². The lowest BCUT2D eigenvalue weighted by Gasteiger charge is -2.10. The number of anilines is 2. The molecule has 0 aliphatic rings. The van der Waals surface area contributed by atoms with E-state index in [9.17, 15) is 9.59 Å². The third kappa shape index (κ3) is 2.55. The zero-order valence-corrected chi connectivity index (χ0v) is 10.1. The minimum atomic E-state index is -0.630. The molecular formula is C13H12N4O2. The zero-order chi connectivity index (χ0) is 13.8. The van der Waals surface area contributed by atoms with E-state index in [1.54, 1.807) is 0 Å². The molecule has 0 aliphatic carbocycles. The monoisotopic (exact) mass is 256 g/mol. The van der Waals surface area contributed by atoms with Gasteiger partial charge in [0.25, 0.3) is 10.9 Å². The lowest BCUT2D eigenvalue weighted by atomic mass is 10.1. The molecule has 0 aromatic heterocycles. The summed E-state index contributed by atoms with van der Waals surface area (Å²) in [6, 6.07) is 7.53. The highest BCUT2D eigenvalue weighted by molar-refractivity contribution is 5.71. The second-order valence-electron chi connectivity index (χ2n) is 4.09. The van der Waals surface area contributed by atoms with Crippen LogP contribution in [-0.2, 0) is 13.1 Å². The number of nitrogens with one attached hydrogen (secondary N) is 2. The SMILES string of the molecule is N#CNCc1cccc(CNc2c(N)c(=O)c2=O)c1. The third-order valence-corrected chi connectivity index (χ3v) is 2.78. The largest absolute Gasteiger partial charge is 0.394 e. The van der Waals surface area contributed by atoms with Crippen LogP contribution in [0.15, 0.2) is 33.9 Å². The van der Waals surface area contributed by atoms with Gasteiger partial charge in [-0.15, -0.1) is 0 Å². The van der Waals surface area contributed by atoms with Gasteiger partial charge in [0.15, 0.2) is 6.19 Å². The van der Waals surface area contributed by atoms with E-state index in [-0.39, 0.29) is 11.4 Å². The molecular weight excluding hydrogens is 244 g/mol. The van der Waals surface area contributed by atoms with E-state index in [2.05, 4.69) is 10.6 Å². The van der Waals surface area contributed by atoms with Crippen molar-refractivity contribution in [1.29, 1.82) is 5.26 Å². The highest BCUT2D eigenvalue weighted by Crippen LogP contribution is 2.12. The van der Waals surface area contributed by atoms with Gasteiger partial charge in [0.05, 0.1) is 0 Å². The molecule has 2 aromatic rings. The van der Waals surface area contributed by atoms with E-state index in [1.165, 1.54) is 0 Å².